The summed E-state index contributed by atoms with van der Waals surface area (Å²) in [5.74, 6) is 3.58. The van der Waals surface area contributed by atoms with Crippen LogP contribution < -0.4 is 15.4 Å². The fraction of sp³-hybridized carbons (Fsp3) is 0.611. The van der Waals surface area contributed by atoms with Crippen molar-refractivity contribution in [2.45, 2.75) is 45.6 Å². The Morgan fingerprint density at radius 2 is 2.05 bits per heavy atom. The molecule has 4 unspecified atom stereocenters. The van der Waals surface area contributed by atoms with E-state index in [1.807, 2.05) is 31.2 Å². The van der Waals surface area contributed by atoms with Gasteiger partial charge in [0.15, 0.2) is 5.11 Å². The van der Waals surface area contributed by atoms with Crippen molar-refractivity contribution in [3.63, 3.8) is 0 Å². The van der Waals surface area contributed by atoms with Gasteiger partial charge in [0.25, 0.3) is 0 Å². The van der Waals surface area contributed by atoms with Crippen LogP contribution >= 0.6 is 12.2 Å². The first-order valence-corrected chi connectivity index (χ1v) is 8.87. The second-order valence-electron chi connectivity index (χ2n) is 6.68. The van der Waals surface area contributed by atoms with Crippen molar-refractivity contribution >= 4 is 23.0 Å². The van der Waals surface area contributed by atoms with Crippen LogP contribution in [-0.2, 0) is 0 Å². The second kappa shape index (κ2) is 6.86. The van der Waals surface area contributed by atoms with E-state index in [0.29, 0.717) is 12.6 Å². The summed E-state index contributed by atoms with van der Waals surface area (Å²) in [5, 5.41) is 7.48. The lowest BCUT2D eigenvalue weighted by atomic mass is 9.84. The Morgan fingerprint density at radius 3 is 2.64 bits per heavy atom. The predicted octanol–water partition coefficient (Wildman–Crippen LogP) is 4.20. The summed E-state index contributed by atoms with van der Waals surface area (Å²) < 4.78 is 5.45. The molecule has 2 aliphatic rings. The van der Waals surface area contributed by atoms with Crippen molar-refractivity contribution in [3.05, 3.63) is 24.3 Å². The molecule has 3 nitrogen and oxygen atoms in total. The Bertz CT molecular complexity index is 516. The number of nitrogens with one attached hydrogen (secondary N) is 2. The van der Waals surface area contributed by atoms with Crippen molar-refractivity contribution in [1.82, 2.24) is 5.32 Å². The molecule has 0 amide bonds. The average molecular weight is 318 g/mol. The third-order valence-electron chi connectivity index (χ3n) is 5.22. The molecular weight excluding hydrogens is 292 g/mol. The molecule has 0 aromatic heterocycles. The van der Waals surface area contributed by atoms with Gasteiger partial charge in [-0.3, -0.25) is 0 Å². The van der Waals surface area contributed by atoms with Crippen molar-refractivity contribution in [3.8, 4) is 5.75 Å². The lowest BCUT2D eigenvalue weighted by Gasteiger charge is -2.29. The third-order valence-corrected chi connectivity index (χ3v) is 5.44. The van der Waals surface area contributed by atoms with Gasteiger partial charge < -0.3 is 15.4 Å². The van der Waals surface area contributed by atoms with Gasteiger partial charge in [0, 0.05) is 11.7 Å². The van der Waals surface area contributed by atoms with Crippen LogP contribution in [0.3, 0.4) is 0 Å². The smallest absolute Gasteiger partial charge is 0.170 e. The van der Waals surface area contributed by atoms with Gasteiger partial charge in [-0.1, -0.05) is 6.42 Å². The molecule has 3 rings (SSSR count). The molecule has 0 aliphatic heterocycles. The maximum Gasteiger partial charge on any atom is 0.170 e. The van der Waals surface area contributed by atoms with Gasteiger partial charge >= 0.3 is 0 Å². The van der Waals surface area contributed by atoms with Crippen LogP contribution in [-0.4, -0.2) is 17.8 Å². The van der Waals surface area contributed by atoms with E-state index in [9.17, 15) is 0 Å². The van der Waals surface area contributed by atoms with Crippen LogP contribution in [0.5, 0.6) is 5.75 Å². The molecule has 2 bridgehead atoms. The van der Waals surface area contributed by atoms with Crippen LogP contribution in [0.4, 0.5) is 5.69 Å². The standard InChI is InChI=1S/C18H26N2OS/c1-3-21-16-8-6-15(7-9-16)20-18(22)19-12(2)17-11-13-4-5-14(17)10-13/h6-9,12-14,17H,3-5,10-11H2,1-2H3,(H2,19,20,22). The Balaban J connectivity index is 1.49. The molecule has 2 aliphatic carbocycles. The molecule has 120 valence electrons. The second-order valence-corrected chi connectivity index (χ2v) is 7.09. The SMILES string of the molecule is CCOc1ccc(NC(=S)NC(C)C2CC3CCC2C3)cc1. The monoisotopic (exact) mass is 318 g/mol. The van der Waals surface area contributed by atoms with Gasteiger partial charge in [-0.2, -0.15) is 0 Å². The van der Waals surface area contributed by atoms with Gasteiger partial charge in [-0.05, 0) is 87.3 Å². The highest BCUT2D eigenvalue weighted by Crippen LogP contribution is 2.49. The number of ether oxygens (including phenoxy) is 1. The van der Waals surface area contributed by atoms with E-state index < -0.39 is 0 Å². The molecule has 2 N–H and O–H groups in total. The fourth-order valence-electron chi connectivity index (χ4n) is 4.19. The van der Waals surface area contributed by atoms with Gasteiger partial charge in [-0.15, -0.1) is 0 Å². The lowest BCUT2D eigenvalue weighted by Crippen LogP contribution is -2.42. The summed E-state index contributed by atoms with van der Waals surface area (Å²) in [6.07, 6.45) is 5.68. The summed E-state index contributed by atoms with van der Waals surface area (Å²) >= 11 is 5.46. The molecule has 1 aromatic carbocycles. The summed E-state index contributed by atoms with van der Waals surface area (Å²) in [6.45, 7) is 4.95. The Morgan fingerprint density at radius 1 is 1.27 bits per heavy atom. The van der Waals surface area contributed by atoms with Gasteiger partial charge in [0.05, 0.1) is 6.61 Å². The quantitative estimate of drug-likeness (QED) is 0.797. The normalized spacial score (nSPS) is 27.5. The minimum atomic E-state index is 0.456. The molecule has 0 saturated heterocycles. The van der Waals surface area contributed by atoms with Gasteiger partial charge in [0.2, 0.25) is 0 Å². The number of anilines is 1. The molecule has 0 heterocycles. The van der Waals surface area contributed by atoms with Crippen LogP contribution in [0, 0.1) is 17.8 Å². The van der Waals surface area contributed by atoms with Crippen LogP contribution in [0.2, 0.25) is 0 Å². The van der Waals surface area contributed by atoms with E-state index in [2.05, 4.69) is 17.6 Å². The number of benzene rings is 1. The van der Waals surface area contributed by atoms with Gasteiger partial charge in [0.1, 0.15) is 5.75 Å². The van der Waals surface area contributed by atoms with E-state index in [1.165, 1.54) is 25.7 Å². The maximum absolute atomic E-state index is 5.46. The van der Waals surface area contributed by atoms with Crippen LogP contribution in [0.25, 0.3) is 0 Å². The minimum absolute atomic E-state index is 0.456. The van der Waals surface area contributed by atoms with Gasteiger partial charge in [-0.25, -0.2) is 0 Å². The summed E-state index contributed by atoms with van der Waals surface area (Å²) in [5.41, 5.74) is 1.00. The molecule has 2 fully saturated rings. The highest BCUT2D eigenvalue weighted by atomic mass is 32.1. The average Bonchev–Trinajstić information content (AvgIpc) is 3.12. The van der Waals surface area contributed by atoms with E-state index in [1.54, 1.807) is 0 Å². The van der Waals surface area contributed by atoms with E-state index >= 15 is 0 Å². The first-order chi connectivity index (χ1) is 10.7. The molecule has 4 atom stereocenters. The van der Waals surface area contributed by atoms with Crippen LogP contribution in [0.1, 0.15) is 39.5 Å². The number of hydrogen-bond acceptors (Lipinski definition) is 2. The topological polar surface area (TPSA) is 33.3 Å². The summed E-state index contributed by atoms with van der Waals surface area (Å²) in [4.78, 5) is 0. The van der Waals surface area contributed by atoms with E-state index in [-0.39, 0.29) is 0 Å². The Kier molecular flexibility index (Phi) is 4.87. The zero-order chi connectivity index (χ0) is 15.5. The maximum atomic E-state index is 5.46. The molecule has 22 heavy (non-hydrogen) atoms. The van der Waals surface area contributed by atoms with Crippen molar-refractivity contribution in [1.29, 1.82) is 0 Å². The predicted molar refractivity (Wildman–Crippen MR) is 95.4 cm³/mol. The fourth-order valence-corrected chi connectivity index (χ4v) is 4.49. The lowest BCUT2D eigenvalue weighted by molar-refractivity contribution is 0.279. The molecule has 1 aromatic rings. The number of thiocarbonyl (C=S) groups is 1. The first-order valence-electron chi connectivity index (χ1n) is 8.46. The van der Waals surface area contributed by atoms with E-state index in [0.717, 1.165) is 34.3 Å². The molecule has 4 heteroatoms. The van der Waals surface area contributed by atoms with E-state index in [4.69, 9.17) is 17.0 Å². The highest BCUT2D eigenvalue weighted by Gasteiger charge is 2.41. The Hall–Kier alpha value is -1.29. The van der Waals surface area contributed by atoms with Crippen molar-refractivity contribution in [2.75, 3.05) is 11.9 Å². The zero-order valence-corrected chi connectivity index (χ0v) is 14.3. The molecular formula is C18H26N2OS. The first kappa shape index (κ1) is 15.6. The molecule has 0 spiro atoms. The number of fused-ring (bicyclic) bond motifs is 2. The minimum Gasteiger partial charge on any atom is -0.494 e. The van der Waals surface area contributed by atoms with Crippen LogP contribution in [0.15, 0.2) is 24.3 Å². The Labute approximate surface area is 138 Å². The molecule has 2 saturated carbocycles. The van der Waals surface area contributed by atoms with Crippen molar-refractivity contribution < 1.29 is 4.74 Å². The third kappa shape index (κ3) is 3.54. The summed E-state index contributed by atoms with van der Waals surface area (Å²) in [6, 6.07) is 8.39. The number of hydrogen-bond donors (Lipinski definition) is 2. The summed E-state index contributed by atoms with van der Waals surface area (Å²) in [7, 11) is 0. The van der Waals surface area contributed by atoms with Crippen molar-refractivity contribution in [2.24, 2.45) is 17.8 Å². The zero-order valence-electron chi connectivity index (χ0n) is 13.5. The highest BCUT2D eigenvalue weighted by molar-refractivity contribution is 7.80. The largest absolute Gasteiger partial charge is 0.494 e. The number of rotatable bonds is 5. The molecule has 0 radical (unpaired) electrons.